The summed E-state index contributed by atoms with van der Waals surface area (Å²) in [6, 6.07) is 0. The Morgan fingerprint density at radius 3 is 2.73 bits per heavy atom. The van der Waals surface area contributed by atoms with Crippen molar-refractivity contribution in [1.29, 1.82) is 0 Å². The molecule has 4 atom stereocenters. The molecule has 1 fully saturated rings. The van der Waals surface area contributed by atoms with Crippen LogP contribution in [-0.2, 0) is 9.53 Å². The number of hydrogen-bond acceptors (Lipinski definition) is 2. The maximum absolute atomic E-state index is 11.1. The van der Waals surface area contributed by atoms with Crippen LogP contribution in [-0.4, -0.2) is 12.1 Å². The highest BCUT2D eigenvalue weighted by atomic mass is 16.6. The highest BCUT2D eigenvalue weighted by Crippen LogP contribution is 2.38. The minimum absolute atomic E-state index is 0.0313. The van der Waals surface area contributed by atoms with E-state index in [0.717, 1.165) is 0 Å². The first-order valence-electron chi connectivity index (χ1n) is 4.09. The average Bonchev–Trinajstić information content (AvgIpc) is 2.43. The van der Waals surface area contributed by atoms with Crippen LogP contribution < -0.4 is 0 Å². The lowest BCUT2D eigenvalue weighted by Gasteiger charge is -2.12. The summed E-state index contributed by atoms with van der Waals surface area (Å²) in [6.07, 6.45) is 4.39. The van der Waals surface area contributed by atoms with Crippen molar-refractivity contribution in [2.24, 2.45) is 17.8 Å². The Morgan fingerprint density at radius 1 is 1.36 bits per heavy atom. The number of fused-ring (bicyclic) bond motifs is 1. The molecule has 0 amide bonds. The van der Waals surface area contributed by atoms with Gasteiger partial charge in [-0.25, -0.2) is 0 Å². The molecule has 1 aliphatic heterocycles. The summed E-state index contributed by atoms with van der Waals surface area (Å²) in [5.41, 5.74) is 0. The fraction of sp³-hybridized carbons (Fsp3) is 0.667. The Hall–Kier alpha value is -0.790. The number of carbonyl (C=O) groups excluding carboxylic acids is 1. The molecule has 0 bridgehead atoms. The van der Waals surface area contributed by atoms with Crippen LogP contribution in [0, 0.1) is 17.8 Å². The second-order valence-corrected chi connectivity index (χ2v) is 3.51. The molecule has 1 aliphatic carbocycles. The lowest BCUT2D eigenvalue weighted by molar-refractivity contribution is -0.144. The molecular weight excluding hydrogens is 140 g/mol. The van der Waals surface area contributed by atoms with E-state index in [1.54, 1.807) is 0 Å². The molecule has 60 valence electrons. The van der Waals surface area contributed by atoms with Gasteiger partial charge in [0.1, 0.15) is 6.10 Å². The van der Waals surface area contributed by atoms with Gasteiger partial charge >= 0.3 is 5.97 Å². The monoisotopic (exact) mass is 152 g/mol. The van der Waals surface area contributed by atoms with E-state index in [2.05, 4.69) is 19.1 Å². The Kier molecular flexibility index (Phi) is 1.31. The molecule has 0 spiro atoms. The predicted molar refractivity (Wildman–Crippen MR) is 40.8 cm³/mol. The van der Waals surface area contributed by atoms with Crippen LogP contribution in [0.1, 0.15) is 13.8 Å². The first kappa shape index (κ1) is 6.89. The fourth-order valence-corrected chi connectivity index (χ4v) is 1.91. The zero-order valence-corrected chi connectivity index (χ0v) is 6.78. The van der Waals surface area contributed by atoms with E-state index < -0.39 is 0 Å². The lowest BCUT2D eigenvalue weighted by Crippen LogP contribution is -2.17. The van der Waals surface area contributed by atoms with Crippen LogP contribution in [0.25, 0.3) is 0 Å². The van der Waals surface area contributed by atoms with Crippen LogP contribution >= 0.6 is 0 Å². The van der Waals surface area contributed by atoms with Crippen molar-refractivity contribution in [3.63, 3.8) is 0 Å². The molecule has 0 unspecified atom stereocenters. The van der Waals surface area contributed by atoms with Crippen molar-refractivity contribution in [1.82, 2.24) is 0 Å². The molecule has 0 radical (unpaired) electrons. The second kappa shape index (κ2) is 2.10. The summed E-state index contributed by atoms with van der Waals surface area (Å²) in [6.45, 7) is 4.03. The van der Waals surface area contributed by atoms with Crippen LogP contribution in [0.3, 0.4) is 0 Å². The number of hydrogen-bond donors (Lipinski definition) is 0. The van der Waals surface area contributed by atoms with Gasteiger partial charge in [-0.05, 0) is 0 Å². The van der Waals surface area contributed by atoms with Crippen molar-refractivity contribution in [2.45, 2.75) is 20.0 Å². The molecule has 0 aromatic carbocycles. The van der Waals surface area contributed by atoms with Gasteiger partial charge in [0.15, 0.2) is 0 Å². The molecule has 2 heteroatoms. The molecule has 2 aliphatic rings. The molecule has 11 heavy (non-hydrogen) atoms. The number of ether oxygens (including phenoxy) is 1. The Labute approximate surface area is 66.2 Å². The second-order valence-electron chi connectivity index (χ2n) is 3.51. The molecule has 1 saturated heterocycles. The maximum atomic E-state index is 11.1. The summed E-state index contributed by atoms with van der Waals surface area (Å²) in [4.78, 5) is 11.1. The highest BCUT2D eigenvalue weighted by Gasteiger charge is 2.44. The van der Waals surface area contributed by atoms with Gasteiger partial charge in [-0.2, -0.15) is 0 Å². The van der Waals surface area contributed by atoms with Gasteiger partial charge < -0.3 is 4.74 Å². The number of carbonyl (C=O) groups is 1. The Balaban J connectivity index is 2.24. The largest absolute Gasteiger partial charge is 0.461 e. The third-order valence-electron chi connectivity index (χ3n) is 2.74. The number of rotatable bonds is 0. The van der Waals surface area contributed by atoms with E-state index in [4.69, 9.17) is 4.74 Å². The van der Waals surface area contributed by atoms with E-state index >= 15 is 0 Å². The first-order valence-corrected chi connectivity index (χ1v) is 4.09. The smallest absolute Gasteiger partial charge is 0.309 e. The van der Waals surface area contributed by atoms with Crippen LogP contribution in [0.15, 0.2) is 12.2 Å². The molecule has 0 saturated carbocycles. The van der Waals surface area contributed by atoms with Gasteiger partial charge in [-0.1, -0.05) is 26.0 Å². The van der Waals surface area contributed by atoms with Crippen LogP contribution in [0.5, 0.6) is 0 Å². The van der Waals surface area contributed by atoms with Gasteiger partial charge in [0, 0.05) is 11.8 Å². The molecule has 0 N–H and O–H groups in total. The highest BCUT2D eigenvalue weighted by molar-refractivity contribution is 5.75. The molecule has 0 aromatic heterocycles. The molecule has 2 rings (SSSR count). The number of esters is 1. The van der Waals surface area contributed by atoms with Gasteiger partial charge in [0.2, 0.25) is 0 Å². The van der Waals surface area contributed by atoms with Crippen molar-refractivity contribution in [3.05, 3.63) is 12.2 Å². The fourth-order valence-electron chi connectivity index (χ4n) is 1.91. The van der Waals surface area contributed by atoms with Crippen molar-refractivity contribution < 1.29 is 9.53 Å². The quantitative estimate of drug-likeness (QED) is 0.387. The minimum Gasteiger partial charge on any atom is -0.461 e. The standard InChI is InChI=1S/C9H12O2/c1-5-3-4-7-6(2)9(10)11-8(5)7/h3-8H,1-2H3/t5-,6-,7+,8+/m1/s1. The SMILES string of the molecule is C[C@@H]1C=C[C@@H]2[C@H]1OC(=O)[C@@H]2C. The summed E-state index contributed by atoms with van der Waals surface area (Å²) < 4.78 is 5.21. The molecule has 1 heterocycles. The summed E-state index contributed by atoms with van der Waals surface area (Å²) in [5, 5.41) is 0. The topological polar surface area (TPSA) is 26.3 Å². The minimum atomic E-state index is -0.0313. The van der Waals surface area contributed by atoms with Gasteiger partial charge in [-0.3, -0.25) is 4.79 Å². The summed E-state index contributed by atoms with van der Waals surface area (Å²) >= 11 is 0. The third-order valence-corrected chi connectivity index (χ3v) is 2.74. The van der Waals surface area contributed by atoms with Crippen LogP contribution in [0.2, 0.25) is 0 Å². The van der Waals surface area contributed by atoms with E-state index in [0.29, 0.717) is 11.8 Å². The average molecular weight is 152 g/mol. The van der Waals surface area contributed by atoms with Gasteiger partial charge in [-0.15, -0.1) is 0 Å². The summed E-state index contributed by atoms with van der Waals surface area (Å²) in [5.74, 6) is 0.795. The van der Waals surface area contributed by atoms with Crippen molar-refractivity contribution in [3.8, 4) is 0 Å². The Morgan fingerprint density at radius 2 is 2.09 bits per heavy atom. The normalized spacial score (nSPS) is 47.6. The van der Waals surface area contributed by atoms with Gasteiger partial charge in [0.25, 0.3) is 0 Å². The van der Waals surface area contributed by atoms with Gasteiger partial charge in [0.05, 0.1) is 5.92 Å². The summed E-state index contributed by atoms with van der Waals surface area (Å²) in [7, 11) is 0. The third kappa shape index (κ3) is 0.817. The van der Waals surface area contributed by atoms with E-state index in [1.165, 1.54) is 0 Å². The van der Waals surface area contributed by atoms with E-state index in [1.807, 2.05) is 6.92 Å². The molecular formula is C9H12O2. The van der Waals surface area contributed by atoms with E-state index in [-0.39, 0.29) is 18.0 Å². The predicted octanol–water partition coefficient (Wildman–Crippen LogP) is 1.37. The Bertz CT molecular complexity index is 220. The van der Waals surface area contributed by atoms with Crippen LogP contribution in [0.4, 0.5) is 0 Å². The lowest BCUT2D eigenvalue weighted by atomic mass is 9.92. The van der Waals surface area contributed by atoms with Crippen molar-refractivity contribution >= 4 is 5.97 Å². The molecule has 2 nitrogen and oxygen atoms in total. The zero-order valence-electron chi connectivity index (χ0n) is 6.78. The van der Waals surface area contributed by atoms with Crippen molar-refractivity contribution in [2.75, 3.05) is 0 Å². The molecule has 0 aromatic rings. The zero-order chi connectivity index (χ0) is 8.01. The maximum Gasteiger partial charge on any atom is 0.309 e. The first-order chi connectivity index (χ1) is 5.20. The van der Waals surface area contributed by atoms with E-state index in [9.17, 15) is 4.79 Å².